The predicted molar refractivity (Wildman–Crippen MR) is 87.2 cm³/mol. The molecule has 0 amide bonds. The van der Waals surface area contributed by atoms with E-state index < -0.39 is 0 Å². The smallest absolute Gasteiger partial charge is 0.176 e. The van der Waals surface area contributed by atoms with E-state index >= 15 is 0 Å². The number of hydrogen-bond donors (Lipinski definition) is 1. The van der Waals surface area contributed by atoms with Gasteiger partial charge >= 0.3 is 0 Å². The number of benzene rings is 2. The number of halogens is 1. The lowest BCUT2D eigenvalue weighted by molar-refractivity contribution is 0.0994. The van der Waals surface area contributed by atoms with Crippen LogP contribution in [-0.2, 0) is 0 Å². The van der Waals surface area contributed by atoms with E-state index in [4.69, 9.17) is 11.6 Å². The van der Waals surface area contributed by atoms with Crippen LogP contribution in [-0.4, -0.2) is 21.0 Å². The first-order valence-electron chi connectivity index (χ1n) is 6.54. The van der Waals surface area contributed by atoms with Gasteiger partial charge in [-0.3, -0.25) is 4.79 Å². The normalized spacial score (nSPS) is 12.5. The second-order valence-electron chi connectivity index (χ2n) is 4.69. The van der Waals surface area contributed by atoms with Crippen molar-refractivity contribution in [3.63, 3.8) is 0 Å². The Balaban J connectivity index is 1.79. The summed E-state index contributed by atoms with van der Waals surface area (Å²) in [6, 6.07) is 14.8. The van der Waals surface area contributed by atoms with Crippen molar-refractivity contribution in [2.45, 2.75) is 17.3 Å². The number of ketones is 1. The van der Waals surface area contributed by atoms with Crippen molar-refractivity contribution in [2.24, 2.45) is 0 Å². The monoisotopic (exact) mass is 316 g/mol. The van der Waals surface area contributed by atoms with E-state index in [2.05, 4.69) is 9.97 Å². The molecule has 1 heterocycles. The van der Waals surface area contributed by atoms with Gasteiger partial charge in [-0.25, -0.2) is 4.98 Å². The number of rotatable bonds is 4. The maximum atomic E-state index is 12.4. The van der Waals surface area contributed by atoms with Crippen molar-refractivity contribution in [1.82, 2.24) is 9.97 Å². The molecule has 5 heteroatoms. The third-order valence-corrected chi connectivity index (χ3v) is 4.35. The van der Waals surface area contributed by atoms with Crippen LogP contribution in [0, 0.1) is 0 Å². The Morgan fingerprint density at radius 3 is 2.81 bits per heavy atom. The highest BCUT2D eigenvalue weighted by molar-refractivity contribution is 8.00. The van der Waals surface area contributed by atoms with Crippen molar-refractivity contribution in [3.05, 3.63) is 59.1 Å². The summed E-state index contributed by atoms with van der Waals surface area (Å²) >= 11 is 7.35. The number of nitrogens with zero attached hydrogens (tertiary/aromatic N) is 1. The first-order chi connectivity index (χ1) is 10.1. The number of aromatic amines is 1. The molecule has 1 atom stereocenters. The fourth-order valence-corrected chi connectivity index (χ4v) is 3.17. The number of hydrogen-bond acceptors (Lipinski definition) is 3. The second-order valence-corrected chi connectivity index (χ2v) is 6.46. The largest absolute Gasteiger partial charge is 0.333 e. The standard InChI is InChI=1S/C16H13ClN2OS/c1-10(15(20)11-5-4-6-12(17)9-11)21-16-18-13-7-2-3-8-14(13)19-16/h2-10H,1H3,(H,18,19). The molecule has 2 aromatic carbocycles. The van der Waals surface area contributed by atoms with E-state index in [0.717, 1.165) is 16.2 Å². The summed E-state index contributed by atoms with van der Waals surface area (Å²) in [4.78, 5) is 20.1. The highest BCUT2D eigenvalue weighted by Crippen LogP contribution is 2.26. The highest BCUT2D eigenvalue weighted by atomic mass is 35.5. The minimum Gasteiger partial charge on any atom is -0.333 e. The number of para-hydroxylation sites is 2. The van der Waals surface area contributed by atoms with Crippen LogP contribution in [0.1, 0.15) is 17.3 Å². The number of carbonyl (C=O) groups is 1. The molecule has 3 rings (SSSR count). The van der Waals surface area contributed by atoms with Gasteiger partial charge in [-0.2, -0.15) is 0 Å². The molecule has 21 heavy (non-hydrogen) atoms. The third kappa shape index (κ3) is 3.12. The van der Waals surface area contributed by atoms with Crippen molar-refractivity contribution in [2.75, 3.05) is 0 Å². The topological polar surface area (TPSA) is 45.8 Å². The van der Waals surface area contributed by atoms with E-state index in [-0.39, 0.29) is 11.0 Å². The molecule has 0 radical (unpaired) electrons. The van der Waals surface area contributed by atoms with Crippen molar-refractivity contribution >= 4 is 40.2 Å². The first kappa shape index (κ1) is 14.2. The lowest BCUT2D eigenvalue weighted by Crippen LogP contribution is -2.13. The van der Waals surface area contributed by atoms with Gasteiger partial charge in [0.25, 0.3) is 0 Å². The Kier molecular flexibility index (Phi) is 3.99. The van der Waals surface area contributed by atoms with Gasteiger partial charge in [0.05, 0.1) is 16.3 Å². The molecule has 106 valence electrons. The van der Waals surface area contributed by atoms with Crippen molar-refractivity contribution in [1.29, 1.82) is 0 Å². The number of nitrogens with one attached hydrogen (secondary N) is 1. The minimum atomic E-state index is -0.232. The predicted octanol–water partition coefficient (Wildman–Crippen LogP) is 4.58. The van der Waals surface area contributed by atoms with E-state index in [9.17, 15) is 4.79 Å². The zero-order valence-electron chi connectivity index (χ0n) is 11.3. The Morgan fingerprint density at radius 2 is 2.05 bits per heavy atom. The first-order valence-corrected chi connectivity index (χ1v) is 7.80. The Bertz CT molecular complexity index is 767. The summed E-state index contributed by atoms with van der Waals surface area (Å²) in [5.74, 6) is 0.0444. The van der Waals surface area contributed by atoms with E-state index in [1.54, 1.807) is 24.3 Å². The molecule has 0 spiro atoms. The molecule has 0 fully saturated rings. The molecule has 0 aliphatic rings. The van der Waals surface area contributed by atoms with Crippen LogP contribution < -0.4 is 0 Å². The molecular weight excluding hydrogens is 304 g/mol. The zero-order valence-corrected chi connectivity index (χ0v) is 12.9. The van der Waals surface area contributed by atoms with Crippen LogP contribution in [0.2, 0.25) is 5.02 Å². The maximum absolute atomic E-state index is 12.4. The van der Waals surface area contributed by atoms with Crippen LogP contribution in [0.15, 0.2) is 53.7 Å². The number of imidazole rings is 1. The van der Waals surface area contributed by atoms with Crippen LogP contribution in [0.25, 0.3) is 11.0 Å². The summed E-state index contributed by atoms with van der Waals surface area (Å²) in [5, 5.41) is 1.09. The molecular formula is C16H13ClN2OS. The lowest BCUT2D eigenvalue weighted by atomic mass is 10.1. The van der Waals surface area contributed by atoms with Crippen LogP contribution in [0.4, 0.5) is 0 Å². The summed E-state index contributed by atoms with van der Waals surface area (Å²) < 4.78 is 0. The lowest BCUT2D eigenvalue weighted by Gasteiger charge is -2.08. The molecule has 1 unspecified atom stereocenters. The molecule has 0 aliphatic heterocycles. The minimum absolute atomic E-state index is 0.0444. The molecule has 1 aromatic heterocycles. The maximum Gasteiger partial charge on any atom is 0.176 e. The number of carbonyl (C=O) groups excluding carboxylic acids is 1. The van der Waals surface area contributed by atoms with Crippen molar-refractivity contribution < 1.29 is 4.79 Å². The summed E-state index contributed by atoms with van der Waals surface area (Å²) in [7, 11) is 0. The van der Waals surface area contributed by atoms with Gasteiger partial charge in [0.1, 0.15) is 0 Å². The van der Waals surface area contributed by atoms with Crippen LogP contribution in [0.5, 0.6) is 0 Å². The average Bonchev–Trinajstić information content (AvgIpc) is 2.88. The van der Waals surface area contributed by atoms with Gasteiger partial charge in [-0.15, -0.1) is 0 Å². The zero-order chi connectivity index (χ0) is 14.8. The Morgan fingerprint density at radius 1 is 1.24 bits per heavy atom. The van der Waals surface area contributed by atoms with Crippen molar-refractivity contribution in [3.8, 4) is 0 Å². The summed E-state index contributed by atoms with van der Waals surface area (Å²) in [6.45, 7) is 1.88. The van der Waals surface area contributed by atoms with Gasteiger partial charge < -0.3 is 4.98 Å². The Labute approximate surface area is 131 Å². The fourth-order valence-electron chi connectivity index (χ4n) is 2.08. The summed E-state index contributed by atoms with van der Waals surface area (Å²) in [6.07, 6.45) is 0. The quantitative estimate of drug-likeness (QED) is 0.566. The summed E-state index contributed by atoms with van der Waals surface area (Å²) in [5.41, 5.74) is 2.50. The number of fused-ring (bicyclic) bond motifs is 1. The number of Topliss-reactive ketones (excluding diaryl/α,β-unsaturated/α-hetero) is 1. The Hall–Kier alpha value is -1.78. The van der Waals surface area contributed by atoms with E-state index in [0.29, 0.717) is 10.6 Å². The molecule has 0 saturated heterocycles. The number of thioether (sulfide) groups is 1. The molecule has 3 nitrogen and oxygen atoms in total. The van der Waals surface area contributed by atoms with Gasteiger partial charge in [0.2, 0.25) is 0 Å². The molecule has 0 bridgehead atoms. The van der Waals surface area contributed by atoms with Crippen LogP contribution in [0.3, 0.4) is 0 Å². The number of H-pyrrole nitrogens is 1. The highest BCUT2D eigenvalue weighted by Gasteiger charge is 2.18. The van der Waals surface area contributed by atoms with Crippen LogP contribution >= 0.6 is 23.4 Å². The number of aromatic nitrogens is 2. The second kappa shape index (κ2) is 5.92. The van der Waals surface area contributed by atoms with E-state index in [1.165, 1.54) is 11.8 Å². The van der Waals surface area contributed by atoms with E-state index in [1.807, 2.05) is 31.2 Å². The molecule has 3 aromatic rings. The average molecular weight is 317 g/mol. The van der Waals surface area contributed by atoms with Gasteiger partial charge in [0, 0.05) is 10.6 Å². The third-order valence-electron chi connectivity index (χ3n) is 3.13. The molecule has 0 saturated carbocycles. The molecule has 1 N–H and O–H groups in total. The van der Waals surface area contributed by atoms with Gasteiger partial charge in [-0.05, 0) is 31.2 Å². The van der Waals surface area contributed by atoms with Gasteiger partial charge in [0.15, 0.2) is 10.9 Å². The van der Waals surface area contributed by atoms with Gasteiger partial charge in [-0.1, -0.05) is 47.6 Å². The SMILES string of the molecule is CC(Sc1nc2ccccc2[nH]1)C(=O)c1cccc(Cl)c1. The fraction of sp³-hybridized carbons (Fsp3) is 0.125. The molecule has 0 aliphatic carbocycles.